The maximum absolute atomic E-state index is 12.7. The van der Waals surface area contributed by atoms with Gasteiger partial charge in [-0.2, -0.15) is 0 Å². The minimum absolute atomic E-state index is 0.134. The van der Waals surface area contributed by atoms with Gasteiger partial charge < -0.3 is 15.5 Å². The second kappa shape index (κ2) is 9.41. The molecule has 0 aromatic heterocycles. The number of hydrogen-bond donors (Lipinski definition) is 2. The van der Waals surface area contributed by atoms with Gasteiger partial charge in [0.15, 0.2) is 9.84 Å². The largest absolute Gasteiger partial charge is 0.331 e. The smallest absolute Gasteiger partial charge is 0.319 e. The van der Waals surface area contributed by atoms with E-state index in [0.717, 1.165) is 31.5 Å². The van der Waals surface area contributed by atoms with Gasteiger partial charge in [0.1, 0.15) is 0 Å². The molecule has 6 nitrogen and oxygen atoms in total. The van der Waals surface area contributed by atoms with E-state index in [1.165, 1.54) is 0 Å². The van der Waals surface area contributed by atoms with E-state index in [0.29, 0.717) is 10.6 Å². The van der Waals surface area contributed by atoms with E-state index in [1.54, 1.807) is 24.3 Å². The third-order valence-electron chi connectivity index (χ3n) is 5.41. The molecule has 1 saturated heterocycles. The van der Waals surface area contributed by atoms with Crippen molar-refractivity contribution in [2.24, 2.45) is 5.92 Å². The van der Waals surface area contributed by atoms with Crippen molar-refractivity contribution in [1.82, 2.24) is 10.2 Å². The molecule has 2 aromatic rings. The van der Waals surface area contributed by atoms with Gasteiger partial charge in [-0.1, -0.05) is 30.3 Å². The van der Waals surface area contributed by atoms with Gasteiger partial charge in [0.05, 0.1) is 16.7 Å². The fraction of sp³-hybridized carbons (Fsp3) is 0.409. The zero-order valence-electron chi connectivity index (χ0n) is 17.0. The van der Waals surface area contributed by atoms with Crippen LogP contribution in [0.3, 0.4) is 0 Å². The standard InChI is InChI=1S/C22H29N3O3S/c1-17(19-6-4-3-5-7-19)23-22(26)24-20-8-10-21(11-9-20)29(27,28)16-18-12-14-25(2)15-13-18/h3-11,17-18H,12-16H2,1-2H3,(H2,23,24,26). The molecule has 0 radical (unpaired) electrons. The van der Waals surface area contributed by atoms with Gasteiger partial charge in [0, 0.05) is 5.69 Å². The summed E-state index contributed by atoms with van der Waals surface area (Å²) in [5.74, 6) is 0.391. The van der Waals surface area contributed by atoms with Crippen LogP contribution in [0.1, 0.15) is 31.4 Å². The van der Waals surface area contributed by atoms with E-state index in [1.807, 2.05) is 37.3 Å². The average Bonchev–Trinajstić information content (AvgIpc) is 2.70. The van der Waals surface area contributed by atoms with E-state index in [-0.39, 0.29) is 23.7 Å². The van der Waals surface area contributed by atoms with E-state index in [9.17, 15) is 13.2 Å². The van der Waals surface area contributed by atoms with Crippen LogP contribution in [0.5, 0.6) is 0 Å². The zero-order valence-corrected chi connectivity index (χ0v) is 17.8. The number of anilines is 1. The Kier molecular flexibility index (Phi) is 6.92. The Morgan fingerprint density at radius 3 is 2.31 bits per heavy atom. The quantitative estimate of drug-likeness (QED) is 0.754. The molecule has 1 heterocycles. The van der Waals surface area contributed by atoms with Gasteiger partial charge in [-0.15, -0.1) is 0 Å². The molecule has 2 N–H and O–H groups in total. The van der Waals surface area contributed by atoms with Crippen LogP contribution < -0.4 is 10.6 Å². The van der Waals surface area contributed by atoms with Crippen molar-refractivity contribution < 1.29 is 13.2 Å². The lowest BCUT2D eigenvalue weighted by Crippen LogP contribution is -2.33. The first kappa shape index (κ1) is 21.3. The number of rotatable bonds is 6. The lowest BCUT2D eigenvalue weighted by molar-refractivity contribution is 0.231. The summed E-state index contributed by atoms with van der Waals surface area (Å²) >= 11 is 0. The van der Waals surface area contributed by atoms with E-state index in [4.69, 9.17) is 0 Å². The lowest BCUT2D eigenvalue weighted by Gasteiger charge is -2.28. The summed E-state index contributed by atoms with van der Waals surface area (Å²) in [6.45, 7) is 3.80. The number of carbonyl (C=O) groups excluding carboxylic acids is 1. The molecule has 0 bridgehead atoms. The van der Waals surface area contributed by atoms with E-state index in [2.05, 4.69) is 22.6 Å². The molecule has 0 spiro atoms. The van der Waals surface area contributed by atoms with Crippen molar-refractivity contribution in [2.45, 2.75) is 30.7 Å². The fourth-order valence-electron chi connectivity index (χ4n) is 3.57. The molecule has 156 valence electrons. The number of nitrogens with zero attached hydrogens (tertiary/aromatic N) is 1. The lowest BCUT2D eigenvalue weighted by atomic mass is 10.00. The molecule has 1 atom stereocenters. The van der Waals surface area contributed by atoms with Crippen molar-refractivity contribution in [3.63, 3.8) is 0 Å². The van der Waals surface area contributed by atoms with Crippen LogP contribution in [0.2, 0.25) is 0 Å². The molecule has 2 aromatic carbocycles. The third-order valence-corrected chi connectivity index (χ3v) is 7.31. The van der Waals surface area contributed by atoms with Gasteiger partial charge >= 0.3 is 6.03 Å². The molecule has 0 aliphatic carbocycles. The molecule has 1 fully saturated rings. The number of likely N-dealkylation sites (tertiary alicyclic amines) is 1. The van der Waals surface area contributed by atoms with Crippen molar-refractivity contribution in [3.8, 4) is 0 Å². The number of sulfone groups is 1. The van der Waals surface area contributed by atoms with Gasteiger partial charge in [-0.25, -0.2) is 13.2 Å². The minimum Gasteiger partial charge on any atom is -0.331 e. The van der Waals surface area contributed by atoms with Crippen LogP contribution in [0, 0.1) is 5.92 Å². The number of amides is 2. The Morgan fingerprint density at radius 1 is 1.07 bits per heavy atom. The molecule has 7 heteroatoms. The topological polar surface area (TPSA) is 78.5 Å². The second-order valence-electron chi connectivity index (χ2n) is 7.78. The van der Waals surface area contributed by atoms with E-state index >= 15 is 0 Å². The molecule has 1 aliphatic rings. The van der Waals surface area contributed by atoms with Gasteiger partial charge in [0.2, 0.25) is 0 Å². The van der Waals surface area contributed by atoms with Gasteiger partial charge in [-0.3, -0.25) is 0 Å². The summed E-state index contributed by atoms with van der Waals surface area (Å²) < 4.78 is 25.4. The number of hydrogen-bond acceptors (Lipinski definition) is 4. The molecule has 2 amide bonds. The highest BCUT2D eigenvalue weighted by molar-refractivity contribution is 7.91. The zero-order chi connectivity index (χ0) is 20.9. The monoisotopic (exact) mass is 415 g/mol. The van der Waals surface area contributed by atoms with Crippen LogP contribution in [-0.2, 0) is 9.84 Å². The van der Waals surface area contributed by atoms with Crippen molar-refractivity contribution in [2.75, 3.05) is 31.2 Å². The Bertz CT molecular complexity index is 906. The van der Waals surface area contributed by atoms with Crippen LogP contribution in [-0.4, -0.2) is 45.2 Å². The third kappa shape index (κ3) is 6.05. The maximum Gasteiger partial charge on any atom is 0.319 e. The first-order valence-corrected chi connectivity index (χ1v) is 11.6. The first-order chi connectivity index (χ1) is 13.8. The highest BCUT2D eigenvalue weighted by atomic mass is 32.2. The average molecular weight is 416 g/mol. The van der Waals surface area contributed by atoms with Crippen LogP contribution in [0.15, 0.2) is 59.5 Å². The molecular formula is C22H29N3O3S. The van der Waals surface area contributed by atoms with Crippen LogP contribution >= 0.6 is 0 Å². The maximum atomic E-state index is 12.7. The summed E-state index contributed by atoms with van der Waals surface area (Å²) in [7, 11) is -1.26. The van der Waals surface area contributed by atoms with Crippen molar-refractivity contribution >= 4 is 21.6 Å². The van der Waals surface area contributed by atoms with Gasteiger partial charge in [-0.05, 0) is 75.6 Å². The molecule has 0 saturated carbocycles. The Hall–Kier alpha value is -2.38. The fourth-order valence-corrected chi connectivity index (χ4v) is 5.27. The predicted molar refractivity (Wildman–Crippen MR) is 116 cm³/mol. The predicted octanol–water partition coefficient (Wildman–Crippen LogP) is 3.68. The molecule has 1 unspecified atom stereocenters. The summed E-state index contributed by atoms with van der Waals surface area (Å²) in [5, 5.41) is 5.63. The SMILES string of the molecule is CC(NC(=O)Nc1ccc(S(=O)(=O)CC2CCN(C)CC2)cc1)c1ccccc1. The summed E-state index contributed by atoms with van der Waals surface area (Å²) in [6.07, 6.45) is 1.82. The molecule has 1 aliphatic heterocycles. The normalized spacial score (nSPS) is 16.9. The molecule has 29 heavy (non-hydrogen) atoms. The Balaban J connectivity index is 1.56. The number of carbonyl (C=O) groups is 1. The number of piperidine rings is 1. The highest BCUT2D eigenvalue weighted by Gasteiger charge is 2.24. The summed E-state index contributed by atoms with van der Waals surface area (Å²) in [5.41, 5.74) is 1.57. The van der Waals surface area contributed by atoms with Crippen molar-refractivity contribution in [3.05, 3.63) is 60.2 Å². The minimum atomic E-state index is -3.32. The van der Waals surface area contributed by atoms with Gasteiger partial charge in [0.25, 0.3) is 0 Å². The van der Waals surface area contributed by atoms with E-state index < -0.39 is 9.84 Å². The highest BCUT2D eigenvalue weighted by Crippen LogP contribution is 2.23. The first-order valence-electron chi connectivity index (χ1n) is 9.97. The number of urea groups is 1. The second-order valence-corrected chi connectivity index (χ2v) is 9.82. The van der Waals surface area contributed by atoms with Crippen LogP contribution in [0.4, 0.5) is 10.5 Å². The Morgan fingerprint density at radius 2 is 1.69 bits per heavy atom. The Labute approximate surface area is 173 Å². The number of nitrogens with one attached hydrogen (secondary N) is 2. The number of benzene rings is 2. The van der Waals surface area contributed by atoms with Crippen LogP contribution in [0.25, 0.3) is 0 Å². The molecule has 3 rings (SSSR count). The summed E-state index contributed by atoms with van der Waals surface area (Å²) in [4.78, 5) is 14.8. The molecular weight excluding hydrogens is 386 g/mol. The van der Waals surface area contributed by atoms with Crippen molar-refractivity contribution in [1.29, 1.82) is 0 Å². The summed E-state index contributed by atoms with van der Waals surface area (Å²) in [6, 6.07) is 15.6.